The van der Waals surface area contributed by atoms with E-state index < -0.39 is 9.84 Å². The maximum absolute atomic E-state index is 12.7. The third kappa shape index (κ3) is 4.87. The van der Waals surface area contributed by atoms with Gasteiger partial charge in [0.15, 0.2) is 15.7 Å². The second-order valence-electron chi connectivity index (χ2n) is 7.05. The lowest BCUT2D eigenvalue weighted by atomic mass is 10.1. The number of aromatic amines is 1. The van der Waals surface area contributed by atoms with Gasteiger partial charge in [0.2, 0.25) is 0 Å². The molecule has 0 radical (unpaired) electrons. The number of rotatable bonds is 6. The number of hydrogen-bond donors (Lipinski definition) is 2. The molecule has 0 spiro atoms. The average molecular weight is 433 g/mol. The lowest BCUT2D eigenvalue weighted by Crippen LogP contribution is -2.12. The van der Waals surface area contributed by atoms with Gasteiger partial charge in [0, 0.05) is 16.8 Å². The van der Waals surface area contributed by atoms with E-state index in [0.29, 0.717) is 22.6 Å². The van der Waals surface area contributed by atoms with E-state index >= 15 is 0 Å². The smallest absolute Gasteiger partial charge is 0.255 e. The van der Waals surface area contributed by atoms with Gasteiger partial charge in [0.25, 0.3) is 5.91 Å². The molecule has 31 heavy (non-hydrogen) atoms. The Hall–Kier alpha value is -3.78. The SMILES string of the molecule is Cc1nc(-c2ccc(NC(=O)c3cccc(CS(=O)(=O)c4ccccc4)c3)cc2)n[nH]1. The second kappa shape index (κ2) is 8.53. The van der Waals surface area contributed by atoms with Crippen LogP contribution in [0.15, 0.2) is 83.8 Å². The third-order valence-electron chi connectivity index (χ3n) is 4.65. The molecule has 4 aromatic rings. The zero-order chi connectivity index (χ0) is 21.8. The fourth-order valence-electron chi connectivity index (χ4n) is 3.11. The minimum atomic E-state index is -3.49. The van der Waals surface area contributed by atoms with E-state index in [2.05, 4.69) is 20.5 Å². The predicted octanol–water partition coefficient (Wildman–Crippen LogP) is 4.01. The van der Waals surface area contributed by atoms with E-state index in [4.69, 9.17) is 0 Å². The van der Waals surface area contributed by atoms with Gasteiger partial charge >= 0.3 is 0 Å². The van der Waals surface area contributed by atoms with Crippen molar-refractivity contribution < 1.29 is 13.2 Å². The molecule has 0 unspecified atom stereocenters. The largest absolute Gasteiger partial charge is 0.322 e. The molecule has 3 aromatic carbocycles. The highest BCUT2D eigenvalue weighted by molar-refractivity contribution is 7.90. The number of H-pyrrole nitrogens is 1. The minimum absolute atomic E-state index is 0.178. The number of hydrogen-bond acceptors (Lipinski definition) is 5. The molecule has 4 rings (SSSR count). The monoisotopic (exact) mass is 432 g/mol. The Morgan fingerprint density at radius 1 is 0.968 bits per heavy atom. The first-order valence-corrected chi connectivity index (χ1v) is 11.2. The number of aromatic nitrogens is 3. The minimum Gasteiger partial charge on any atom is -0.322 e. The van der Waals surface area contributed by atoms with Gasteiger partial charge in [-0.2, -0.15) is 5.10 Å². The Bertz CT molecular complexity index is 1310. The number of benzene rings is 3. The second-order valence-corrected chi connectivity index (χ2v) is 9.04. The van der Waals surface area contributed by atoms with E-state index in [1.807, 2.05) is 19.1 Å². The molecule has 0 fully saturated rings. The third-order valence-corrected chi connectivity index (χ3v) is 6.35. The van der Waals surface area contributed by atoms with Gasteiger partial charge in [-0.15, -0.1) is 0 Å². The first-order valence-electron chi connectivity index (χ1n) is 9.58. The summed E-state index contributed by atoms with van der Waals surface area (Å²) in [5.74, 6) is 0.813. The molecule has 0 aliphatic carbocycles. The van der Waals surface area contributed by atoms with Gasteiger partial charge in [-0.05, 0) is 61.0 Å². The first kappa shape index (κ1) is 20.5. The maximum Gasteiger partial charge on any atom is 0.255 e. The van der Waals surface area contributed by atoms with Crippen LogP contribution in [0.2, 0.25) is 0 Å². The number of carbonyl (C=O) groups is 1. The summed E-state index contributed by atoms with van der Waals surface area (Å²) in [6.07, 6.45) is 0. The zero-order valence-electron chi connectivity index (χ0n) is 16.7. The van der Waals surface area contributed by atoms with E-state index in [1.54, 1.807) is 66.7 Å². The molecule has 0 saturated carbocycles. The molecule has 1 aromatic heterocycles. The molecule has 0 bridgehead atoms. The molecule has 0 aliphatic rings. The van der Waals surface area contributed by atoms with Crippen molar-refractivity contribution in [3.05, 3.63) is 95.8 Å². The van der Waals surface area contributed by atoms with Crippen LogP contribution >= 0.6 is 0 Å². The van der Waals surface area contributed by atoms with Crippen molar-refractivity contribution in [1.82, 2.24) is 15.2 Å². The Morgan fingerprint density at radius 3 is 2.39 bits per heavy atom. The number of amides is 1. The van der Waals surface area contributed by atoms with Crippen LogP contribution in [-0.2, 0) is 15.6 Å². The lowest BCUT2D eigenvalue weighted by molar-refractivity contribution is 0.102. The normalized spacial score (nSPS) is 11.3. The molecule has 8 heteroatoms. The summed E-state index contributed by atoms with van der Waals surface area (Å²) < 4.78 is 25.2. The van der Waals surface area contributed by atoms with Crippen LogP contribution in [0.1, 0.15) is 21.7 Å². The van der Waals surface area contributed by atoms with Gasteiger partial charge in [-0.3, -0.25) is 9.89 Å². The van der Waals surface area contributed by atoms with Crippen LogP contribution in [0.25, 0.3) is 11.4 Å². The standard InChI is InChI=1S/C23H20N4O3S/c1-16-24-22(27-26-16)18-10-12-20(13-11-18)25-23(28)19-7-5-6-17(14-19)15-31(29,30)21-8-3-2-4-9-21/h2-14H,15H2,1H3,(H,25,28)(H,24,26,27). The fraction of sp³-hybridized carbons (Fsp3) is 0.0870. The molecule has 1 heterocycles. The summed E-state index contributed by atoms with van der Waals surface area (Å²) in [6, 6.07) is 22.1. The van der Waals surface area contributed by atoms with Crippen molar-refractivity contribution in [2.24, 2.45) is 0 Å². The highest BCUT2D eigenvalue weighted by Gasteiger charge is 2.16. The number of nitrogens with zero attached hydrogens (tertiary/aromatic N) is 2. The molecule has 1 amide bonds. The van der Waals surface area contributed by atoms with Crippen molar-refractivity contribution in [3.8, 4) is 11.4 Å². The number of carbonyl (C=O) groups excluding carboxylic acids is 1. The summed E-state index contributed by atoms with van der Waals surface area (Å²) in [5, 5.41) is 9.73. The van der Waals surface area contributed by atoms with Gasteiger partial charge < -0.3 is 5.32 Å². The molecule has 0 saturated heterocycles. The maximum atomic E-state index is 12.7. The van der Waals surface area contributed by atoms with Crippen LogP contribution in [0, 0.1) is 6.92 Å². The summed E-state index contributed by atoms with van der Waals surface area (Å²) in [4.78, 5) is 17.2. The van der Waals surface area contributed by atoms with Crippen molar-refractivity contribution in [2.75, 3.05) is 5.32 Å². The molecular formula is C23H20N4O3S. The van der Waals surface area contributed by atoms with Crippen LogP contribution in [0.3, 0.4) is 0 Å². The molecular weight excluding hydrogens is 412 g/mol. The fourth-order valence-corrected chi connectivity index (χ4v) is 4.47. The van der Waals surface area contributed by atoms with E-state index in [0.717, 1.165) is 11.4 Å². The average Bonchev–Trinajstić information content (AvgIpc) is 3.21. The molecule has 0 aliphatic heterocycles. The number of aryl methyl sites for hydroxylation is 1. The van der Waals surface area contributed by atoms with Crippen molar-refractivity contribution in [1.29, 1.82) is 0 Å². The van der Waals surface area contributed by atoms with E-state index in [-0.39, 0.29) is 16.6 Å². The molecule has 7 nitrogen and oxygen atoms in total. The van der Waals surface area contributed by atoms with Gasteiger partial charge in [-0.25, -0.2) is 13.4 Å². The van der Waals surface area contributed by atoms with E-state index in [9.17, 15) is 13.2 Å². The van der Waals surface area contributed by atoms with Crippen LogP contribution in [0.5, 0.6) is 0 Å². The Labute approximate surface area is 180 Å². The van der Waals surface area contributed by atoms with Gasteiger partial charge in [0.05, 0.1) is 10.6 Å². The van der Waals surface area contributed by atoms with Gasteiger partial charge in [-0.1, -0.05) is 30.3 Å². The highest BCUT2D eigenvalue weighted by atomic mass is 32.2. The summed E-state index contributed by atoms with van der Waals surface area (Å²) in [6.45, 7) is 1.82. The van der Waals surface area contributed by atoms with Crippen molar-refractivity contribution in [2.45, 2.75) is 17.6 Å². The zero-order valence-corrected chi connectivity index (χ0v) is 17.6. The molecule has 2 N–H and O–H groups in total. The first-order chi connectivity index (χ1) is 14.9. The number of sulfone groups is 1. The number of nitrogens with one attached hydrogen (secondary N) is 2. The quantitative estimate of drug-likeness (QED) is 0.479. The van der Waals surface area contributed by atoms with Crippen LogP contribution in [0.4, 0.5) is 5.69 Å². The van der Waals surface area contributed by atoms with Gasteiger partial charge in [0.1, 0.15) is 5.82 Å². The Balaban J connectivity index is 1.47. The topological polar surface area (TPSA) is 105 Å². The lowest BCUT2D eigenvalue weighted by Gasteiger charge is -2.08. The summed E-state index contributed by atoms with van der Waals surface area (Å²) in [5.41, 5.74) is 2.38. The predicted molar refractivity (Wildman–Crippen MR) is 118 cm³/mol. The molecule has 0 atom stereocenters. The summed E-state index contributed by atoms with van der Waals surface area (Å²) in [7, 11) is -3.49. The Morgan fingerprint density at radius 2 is 1.71 bits per heavy atom. The molecule has 156 valence electrons. The van der Waals surface area contributed by atoms with Crippen molar-refractivity contribution in [3.63, 3.8) is 0 Å². The van der Waals surface area contributed by atoms with Crippen LogP contribution < -0.4 is 5.32 Å². The summed E-state index contributed by atoms with van der Waals surface area (Å²) >= 11 is 0. The highest BCUT2D eigenvalue weighted by Crippen LogP contribution is 2.20. The Kier molecular flexibility index (Phi) is 5.64. The van der Waals surface area contributed by atoms with Crippen molar-refractivity contribution >= 4 is 21.4 Å². The number of anilines is 1. The van der Waals surface area contributed by atoms with Crippen LogP contribution in [-0.4, -0.2) is 29.5 Å². The van der Waals surface area contributed by atoms with E-state index in [1.165, 1.54) is 0 Å².